The molecule has 0 saturated carbocycles. The second-order valence-corrected chi connectivity index (χ2v) is 5.38. The highest BCUT2D eigenvalue weighted by Gasteiger charge is 2.23. The van der Waals surface area contributed by atoms with E-state index in [0.29, 0.717) is 12.0 Å². The van der Waals surface area contributed by atoms with Crippen molar-refractivity contribution >= 4 is 5.82 Å². The van der Waals surface area contributed by atoms with Gasteiger partial charge in [0.15, 0.2) is 0 Å². The highest BCUT2D eigenvalue weighted by Crippen LogP contribution is 2.26. The minimum absolute atomic E-state index is 0.449. The average Bonchev–Trinajstić information content (AvgIpc) is 2.40. The molecule has 2 heterocycles. The smallest absolute Gasteiger partial charge is 0.132 e. The topological polar surface area (TPSA) is 55.0 Å². The van der Waals surface area contributed by atoms with Crippen LogP contribution in [0.1, 0.15) is 51.1 Å². The van der Waals surface area contributed by atoms with Crippen molar-refractivity contribution in [3.8, 4) is 0 Å². The van der Waals surface area contributed by atoms with Crippen LogP contribution in [0.4, 0.5) is 5.82 Å². The van der Waals surface area contributed by atoms with Crippen LogP contribution in [0.25, 0.3) is 0 Å². The zero-order valence-electron chi connectivity index (χ0n) is 11.5. The van der Waals surface area contributed by atoms with Gasteiger partial charge in [-0.05, 0) is 38.1 Å². The van der Waals surface area contributed by atoms with Crippen LogP contribution in [0, 0.1) is 0 Å². The maximum atomic E-state index is 5.72. The second kappa shape index (κ2) is 6.14. The first-order valence-corrected chi connectivity index (χ1v) is 7.01. The molecule has 1 aliphatic heterocycles. The lowest BCUT2D eigenvalue weighted by molar-refractivity contribution is 0.438. The zero-order chi connectivity index (χ0) is 13.0. The molecule has 0 radical (unpaired) electrons. The number of nitrogens with two attached hydrogens (primary N) is 1. The number of piperidine rings is 1. The Morgan fingerprint density at radius 2 is 2.22 bits per heavy atom. The van der Waals surface area contributed by atoms with Crippen LogP contribution < -0.4 is 10.6 Å². The summed E-state index contributed by atoms with van der Waals surface area (Å²) < 4.78 is 0. The first-order valence-electron chi connectivity index (χ1n) is 7.01. The second-order valence-electron chi connectivity index (χ2n) is 5.38. The van der Waals surface area contributed by atoms with E-state index in [9.17, 15) is 0 Å². The van der Waals surface area contributed by atoms with E-state index >= 15 is 0 Å². The Hall–Kier alpha value is -1.16. The van der Waals surface area contributed by atoms with Crippen LogP contribution in [-0.4, -0.2) is 29.1 Å². The molecule has 0 aliphatic carbocycles. The number of anilines is 1. The van der Waals surface area contributed by atoms with Crippen LogP contribution in [0.2, 0.25) is 0 Å². The molecule has 0 amide bonds. The van der Waals surface area contributed by atoms with Crippen molar-refractivity contribution in [3.63, 3.8) is 0 Å². The van der Waals surface area contributed by atoms with E-state index in [1.54, 1.807) is 6.33 Å². The van der Waals surface area contributed by atoms with Crippen LogP contribution >= 0.6 is 0 Å². The summed E-state index contributed by atoms with van der Waals surface area (Å²) in [6.07, 6.45) is 6.55. The summed E-state index contributed by atoms with van der Waals surface area (Å²) in [5.74, 6) is 1.52. The summed E-state index contributed by atoms with van der Waals surface area (Å²) in [6.45, 7) is 6.18. The van der Waals surface area contributed by atoms with Crippen LogP contribution in [0.3, 0.4) is 0 Å². The summed E-state index contributed by atoms with van der Waals surface area (Å²) in [5.41, 5.74) is 6.84. The summed E-state index contributed by atoms with van der Waals surface area (Å²) in [5, 5.41) is 0. The minimum atomic E-state index is 0.449. The average molecular weight is 248 g/mol. The third kappa shape index (κ3) is 2.99. The number of hydrogen-bond acceptors (Lipinski definition) is 4. The van der Waals surface area contributed by atoms with E-state index in [1.807, 2.05) is 0 Å². The van der Waals surface area contributed by atoms with Gasteiger partial charge in [-0.2, -0.15) is 0 Å². The Bertz CT molecular complexity index is 376. The van der Waals surface area contributed by atoms with Crippen molar-refractivity contribution in [1.29, 1.82) is 0 Å². The summed E-state index contributed by atoms with van der Waals surface area (Å²) in [6, 6.07) is 2.69. The summed E-state index contributed by atoms with van der Waals surface area (Å²) >= 11 is 0. The largest absolute Gasteiger partial charge is 0.353 e. The van der Waals surface area contributed by atoms with Gasteiger partial charge in [0.05, 0.1) is 0 Å². The highest BCUT2D eigenvalue weighted by atomic mass is 15.2. The Labute approximate surface area is 110 Å². The van der Waals surface area contributed by atoms with Gasteiger partial charge in [0.2, 0.25) is 0 Å². The molecule has 0 spiro atoms. The molecule has 0 bridgehead atoms. The van der Waals surface area contributed by atoms with Crippen molar-refractivity contribution in [2.75, 3.05) is 18.0 Å². The third-order valence-electron chi connectivity index (χ3n) is 3.69. The van der Waals surface area contributed by atoms with Gasteiger partial charge in [0.1, 0.15) is 12.1 Å². The van der Waals surface area contributed by atoms with Crippen molar-refractivity contribution in [3.05, 3.63) is 18.1 Å². The highest BCUT2D eigenvalue weighted by molar-refractivity contribution is 5.41. The van der Waals surface area contributed by atoms with Crippen LogP contribution in [-0.2, 0) is 0 Å². The molecule has 1 unspecified atom stereocenters. The standard InChI is InChI=1S/C14H24N4/c1-11(2)13-9-14(17-10-16-13)18-8-4-3-5-12(18)6-7-15/h9-12H,3-8,15H2,1-2H3. The van der Waals surface area contributed by atoms with E-state index in [2.05, 4.69) is 34.8 Å². The van der Waals surface area contributed by atoms with Gasteiger partial charge >= 0.3 is 0 Å². The molecule has 1 aromatic rings. The molecule has 2 rings (SSSR count). The van der Waals surface area contributed by atoms with Gasteiger partial charge < -0.3 is 10.6 Å². The van der Waals surface area contributed by atoms with Gasteiger partial charge in [-0.25, -0.2) is 9.97 Å². The first-order chi connectivity index (χ1) is 8.72. The van der Waals surface area contributed by atoms with E-state index in [-0.39, 0.29) is 0 Å². The summed E-state index contributed by atoms with van der Waals surface area (Å²) in [7, 11) is 0. The maximum Gasteiger partial charge on any atom is 0.132 e. The molecule has 18 heavy (non-hydrogen) atoms. The maximum absolute atomic E-state index is 5.72. The number of aromatic nitrogens is 2. The number of hydrogen-bond donors (Lipinski definition) is 1. The number of rotatable bonds is 4. The van der Waals surface area contributed by atoms with E-state index < -0.39 is 0 Å². The molecule has 0 aromatic carbocycles. The third-order valence-corrected chi connectivity index (χ3v) is 3.69. The fraction of sp³-hybridized carbons (Fsp3) is 0.714. The van der Waals surface area contributed by atoms with Gasteiger partial charge in [-0.15, -0.1) is 0 Å². The molecular formula is C14H24N4. The zero-order valence-corrected chi connectivity index (χ0v) is 11.5. The van der Waals surface area contributed by atoms with Gasteiger partial charge in [-0.1, -0.05) is 13.8 Å². The van der Waals surface area contributed by atoms with Crippen LogP contribution in [0.15, 0.2) is 12.4 Å². The molecule has 4 heteroatoms. The van der Waals surface area contributed by atoms with Gasteiger partial charge in [0, 0.05) is 24.3 Å². The predicted molar refractivity (Wildman–Crippen MR) is 74.8 cm³/mol. The molecular weight excluding hydrogens is 224 g/mol. The Kier molecular flexibility index (Phi) is 4.53. The lowest BCUT2D eigenvalue weighted by atomic mass is 9.99. The van der Waals surface area contributed by atoms with Crippen molar-refractivity contribution in [2.24, 2.45) is 5.73 Å². The lowest BCUT2D eigenvalue weighted by Gasteiger charge is -2.36. The van der Waals surface area contributed by atoms with E-state index in [4.69, 9.17) is 5.73 Å². The molecule has 1 saturated heterocycles. The molecule has 1 fully saturated rings. The predicted octanol–water partition coefficient (Wildman–Crippen LogP) is 2.31. The Balaban J connectivity index is 2.19. The van der Waals surface area contributed by atoms with E-state index in [0.717, 1.165) is 31.0 Å². The Morgan fingerprint density at radius 3 is 2.94 bits per heavy atom. The SMILES string of the molecule is CC(C)c1cc(N2CCCCC2CCN)ncn1. The molecule has 1 aromatic heterocycles. The normalized spacial score (nSPS) is 20.4. The van der Waals surface area contributed by atoms with Crippen molar-refractivity contribution in [1.82, 2.24) is 9.97 Å². The van der Waals surface area contributed by atoms with E-state index in [1.165, 1.54) is 19.3 Å². The van der Waals surface area contributed by atoms with Gasteiger partial charge in [0.25, 0.3) is 0 Å². The van der Waals surface area contributed by atoms with Gasteiger partial charge in [-0.3, -0.25) is 0 Å². The molecule has 100 valence electrons. The quantitative estimate of drug-likeness (QED) is 0.888. The molecule has 1 atom stereocenters. The molecule has 1 aliphatic rings. The number of nitrogens with zero attached hydrogens (tertiary/aromatic N) is 3. The first kappa shape index (κ1) is 13.3. The van der Waals surface area contributed by atoms with Crippen molar-refractivity contribution < 1.29 is 0 Å². The molecule has 4 nitrogen and oxygen atoms in total. The lowest BCUT2D eigenvalue weighted by Crippen LogP contribution is -2.41. The minimum Gasteiger partial charge on any atom is -0.353 e. The molecule has 2 N–H and O–H groups in total. The monoisotopic (exact) mass is 248 g/mol. The fourth-order valence-electron chi connectivity index (χ4n) is 2.63. The van der Waals surface area contributed by atoms with Crippen LogP contribution in [0.5, 0.6) is 0 Å². The Morgan fingerprint density at radius 1 is 1.39 bits per heavy atom. The fourth-order valence-corrected chi connectivity index (χ4v) is 2.63. The summed E-state index contributed by atoms with van der Waals surface area (Å²) in [4.78, 5) is 11.2. The van der Waals surface area contributed by atoms with Crippen molar-refractivity contribution in [2.45, 2.75) is 51.5 Å².